The van der Waals surface area contributed by atoms with Crippen LogP contribution in [0.15, 0.2) is 42.6 Å². The van der Waals surface area contributed by atoms with Gasteiger partial charge in [-0.15, -0.1) is 13.2 Å². The average Bonchev–Trinajstić information content (AvgIpc) is 2.93. The van der Waals surface area contributed by atoms with Crippen molar-refractivity contribution in [3.63, 3.8) is 0 Å². The van der Waals surface area contributed by atoms with Gasteiger partial charge in [0, 0.05) is 11.9 Å². The Morgan fingerprint density at radius 1 is 1.28 bits per heavy atom. The van der Waals surface area contributed by atoms with E-state index in [-0.39, 0.29) is 18.2 Å². The lowest BCUT2D eigenvalue weighted by molar-refractivity contribution is -0.274. The van der Waals surface area contributed by atoms with Crippen LogP contribution in [0.2, 0.25) is 0 Å². The van der Waals surface area contributed by atoms with Crippen molar-refractivity contribution >= 4 is 23.3 Å². The van der Waals surface area contributed by atoms with Gasteiger partial charge in [0.25, 0.3) is 0 Å². The number of rotatable bonds is 6. The molecule has 2 amide bonds. The zero-order valence-electron chi connectivity index (χ0n) is 15.9. The Kier molecular flexibility index (Phi) is 5.76. The summed E-state index contributed by atoms with van der Waals surface area (Å²) in [5, 5.41) is 2.70. The number of fused-ring (bicyclic) bond motifs is 1. The van der Waals surface area contributed by atoms with Gasteiger partial charge in [-0.1, -0.05) is 19.9 Å². The van der Waals surface area contributed by atoms with E-state index in [4.69, 9.17) is 0 Å². The van der Waals surface area contributed by atoms with Crippen LogP contribution in [0.4, 0.5) is 24.7 Å². The summed E-state index contributed by atoms with van der Waals surface area (Å²) in [7, 11) is 0. The van der Waals surface area contributed by atoms with Crippen molar-refractivity contribution in [1.82, 2.24) is 4.98 Å². The largest absolute Gasteiger partial charge is 0.573 e. The fourth-order valence-corrected chi connectivity index (χ4v) is 3.28. The molecule has 0 saturated heterocycles. The second-order valence-corrected chi connectivity index (χ2v) is 7.13. The van der Waals surface area contributed by atoms with Gasteiger partial charge in [0.1, 0.15) is 17.6 Å². The number of benzene rings is 1. The first-order chi connectivity index (χ1) is 13.6. The number of alkyl halides is 3. The molecule has 0 fully saturated rings. The second-order valence-electron chi connectivity index (χ2n) is 7.13. The number of anilines is 2. The minimum absolute atomic E-state index is 0.0965. The Balaban J connectivity index is 1.89. The first-order valence-corrected chi connectivity index (χ1v) is 9.06. The van der Waals surface area contributed by atoms with E-state index in [2.05, 4.69) is 15.0 Å². The molecule has 0 bridgehead atoms. The van der Waals surface area contributed by atoms with Crippen LogP contribution in [0.3, 0.4) is 0 Å². The molecule has 0 spiro atoms. The highest BCUT2D eigenvalue weighted by atomic mass is 19.4. The summed E-state index contributed by atoms with van der Waals surface area (Å²) >= 11 is 0. The Morgan fingerprint density at radius 2 is 2.03 bits per heavy atom. The van der Waals surface area contributed by atoms with Gasteiger partial charge >= 0.3 is 6.36 Å². The molecule has 1 aromatic heterocycles. The summed E-state index contributed by atoms with van der Waals surface area (Å²) < 4.78 is 41.3. The predicted octanol–water partition coefficient (Wildman–Crippen LogP) is 3.92. The minimum Gasteiger partial charge on any atom is -0.406 e. The van der Waals surface area contributed by atoms with E-state index in [1.54, 1.807) is 18.2 Å². The Hall–Kier alpha value is -3.10. The monoisotopic (exact) mass is 407 g/mol. The van der Waals surface area contributed by atoms with Gasteiger partial charge < -0.3 is 10.1 Å². The number of aromatic nitrogens is 1. The molecular formula is C20H20F3N3O3. The zero-order chi connectivity index (χ0) is 21.2. The van der Waals surface area contributed by atoms with Crippen molar-refractivity contribution in [2.75, 3.05) is 10.2 Å². The van der Waals surface area contributed by atoms with Gasteiger partial charge in [-0.25, -0.2) is 4.98 Å². The smallest absolute Gasteiger partial charge is 0.406 e. The summed E-state index contributed by atoms with van der Waals surface area (Å²) in [6, 6.07) is 7.94. The molecule has 2 aromatic rings. The number of amides is 2. The van der Waals surface area contributed by atoms with Crippen molar-refractivity contribution in [2.45, 2.75) is 39.1 Å². The van der Waals surface area contributed by atoms with Gasteiger partial charge in [-0.3, -0.25) is 14.5 Å². The number of nitrogens with zero attached hydrogens (tertiary/aromatic N) is 2. The molecule has 1 aliphatic rings. The fraction of sp³-hybridized carbons (Fsp3) is 0.350. The number of ether oxygens (including phenoxy) is 1. The lowest BCUT2D eigenvalue weighted by Crippen LogP contribution is -2.46. The molecule has 1 unspecified atom stereocenters. The predicted molar refractivity (Wildman–Crippen MR) is 100 cm³/mol. The van der Waals surface area contributed by atoms with Gasteiger partial charge in [0.05, 0.1) is 6.42 Å². The van der Waals surface area contributed by atoms with Crippen molar-refractivity contribution in [3.05, 3.63) is 48.2 Å². The molecule has 1 atom stereocenters. The Morgan fingerprint density at radius 3 is 2.66 bits per heavy atom. The van der Waals surface area contributed by atoms with Gasteiger partial charge in [-0.05, 0) is 48.2 Å². The van der Waals surface area contributed by atoms with Crippen LogP contribution >= 0.6 is 0 Å². The molecule has 1 aromatic carbocycles. The quantitative estimate of drug-likeness (QED) is 0.788. The molecule has 0 saturated carbocycles. The molecule has 2 heterocycles. The highest BCUT2D eigenvalue weighted by Crippen LogP contribution is 2.36. The number of nitrogens with one attached hydrogen (secondary N) is 1. The first kappa shape index (κ1) is 20.6. The molecule has 9 heteroatoms. The highest BCUT2D eigenvalue weighted by Gasteiger charge is 2.38. The van der Waals surface area contributed by atoms with Gasteiger partial charge in [-0.2, -0.15) is 0 Å². The summed E-state index contributed by atoms with van der Waals surface area (Å²) in [5.74, 6) is -0.712. The topological polar surface area (TPSA) is 71.5 Å². The lowest BCUT2D eigenvalue weighted by Gasteiger charge is -2.29. The number of hydrogen-bond donors (Lipinski definition) is 1. The van der Waals surface area contributed by atoms with E-state index in [1.165, 1.54) is 23.2 Å². The molecule has 3 rings (SSSR count). The number of carbonyl (C=O) groups is 2. The lowest BCUT2D eigenvalue weighted by atomic mass is 10.0. The maximum atomic E-state index is 12.9. The molecule has 0 aliphatic carbocycles. The summed E-state index contributed by atoms with van der Waals surface area (Å²) in [6.07, 6.45) is -3.01. The number of pyridine rings is 1. The molecule has 29 heavy (non-hydrogen) atoms. The van der Waals surface area contributed by atoms with Crippen molar-refractivity contribution in [3.8, 4) is 5.75 Å². The van der Waals surface area contributed by atoms with E-state index < -0.39 is 24.1 Å². The van der Waals surface area contributed by atoms with Crippen LogP contribution in [-0.4, -0.2) is 29.2 Å². The van der Waals surface area contributed by atoms with E-state index in [0.717, 1.165) is 6.07 Å². The number of hydrogen-bond acceptors (Lipinski definition) is 4. The number of carbonyl (C=O) groups excluding carboxylic acids is 2. The maximum absolute atomic E-state index is 12.9. The van der Waals surface area contributed by atoms with Crippen LogP contribution in [0.1, 0.15) is 25.8 Å². The molecule has 6 nitrogen and oxygen atoms in total. The third-order valence-corrected chi connectivity index (χ3v) is 4.38. The van der Waals surface area contributed by atoms with Crippen LogP contribution in [-0.2, 0) is 16.0 Å². The summed E-state index contributed by atoms with van der Waals surface area (Å²) in [6.45, 7) is 3.84. The first-order valence-electron chi connectivity index (χ1n) is 9.06. The van der Waals surface area contributed by atoms with Crippen LogP contribution in [0, 0.1) is 5.92 Å². The molecular weight excluding hydrogens is 387 g/mol. The van der Waals surface area contributed by atoms with Crippen LogP contribution < -0.4 is 15.0 Å². The Bertz CT molecular complexity index is 901. The highest BCUT2D eigenvalue weighted by molar-refractivity contribution is 6.09. The SMILES string of the molecule is CC(C)CC(C(=O)Nc1ccccn1)N1C(=O)Cc2cc(OC(F)(F)F)ccc21. The molecule has 154 valence electrons. The van der Waals surface area contributed by atoms with Crippen molar-refractivity contribution < 1.29 is 27.5 Å². The van der Waals surface area contributed by atoms with Gasteiger partial charge in [0.15, 0.2) is 0 Å². The third-order valence-electron chi connectivity index (χ3n) is 4.38. The van der Waals surface area contributed by atoms with E-state index in [0.29, 0.717) is 23.5 Å². The molecule has 1 N–H and O–H groups in total. The standard InChI is InChI=1S/C20H20F3N3O3/c1-12(2)9-16(19(28)25-17-5-3-4-8-24-17)26-15-7-6-14(29-20(21,22)23)10-13(15)11-18(26)27/h3-8,10,12,16H,9,11H2,1-2H3,(H,24,25,28). The molecule has 1 aliphatic heterocycles. The average molecular weight is 407 g/mol. The van der Waals surface area contributed by atoms with E-state index in [1.807, 2.05) is 13.8 Å². The van der Waals surface area contributed by atoms with Crippen molar-refractivity contribution in [1.29, 1.82) is 0 Å². The van der Waals surface area contributed by atoms with Crippen molar-refractivity contribution in [2.24, 2.45) is 5.92 Å². The fourth-order valence-electron chi connectivity index (χ4n) is 3.28. The molecule has 0 radical (unpaired) electrons. The zero-order valence-corrected chi connectivity index (χ0v) is 15.9. The number of halogens is 3. The summed E-state index contributed by atoms with van der Waals surface area (Å²) in [4.78, 5) is 31.0. The maximum Gasteiger partial charge on any atom is 0.573 e. The third kappa shape index (κ3) is 5.04. The van der Waals surface area contributed by atoms with Gasteiger partial charge in [0.2, 0.25) is 11.8 Å². The minimum atomic E-state index is -4.82. The normalized spacial score (nSPS) is 14.7. The van der Waals surface area contributed by atoms with Crippen LogP contribution in [0.5, 0.6) is 5.75 Å². The van der Waals surface area contributed by atoms with E-state index >= 15 is 0 Å². The Labute approximate surface area is 165 Å². The van der Waals surface area contributed by atoms with E-state index in [9.17, 15) is 22.8 Å². The summed E-state index contributed by atoms with van der Waals surface area (Å²) in [5.41, 5.74) is 0.794. The van der Waals surface area contributed by atoms with Crippen LogP contribution in [0.25, 0.3) is 0 Å². The second kappa shape index (κ2) is 8.10.